The van der Waals surface area contributed by atoms with Gasteiger partial charge in [0.1, 0.15) is 5.75 Å². The van der Waals surface area contributed by atoms with Gasteiger partial charge in [-0.2, -0.15) is 0 Å². The molecule has 0 saturated carbocycles. The lowest BCUT2D eigenvalue weighted by Crippen LogP contribution is -2.41. The first kappa shape index (κ1) is 23.5. The molecular formula is C16H28ClN3O4S. The van der Waals surface area contributed by atoms with Crippen molar-refractivity contribution in [2.24, 2.45) is 11.1 Å². The van der Waals surface area contributed by atoms with Gasteiger partial charge in [-0.05, 0) is 31.9 Å². The van der Waals surface area contributed by atoms with Crippen LogP contribution in [0, 0.1) is 5.41 Å². The molecule has 1 rings (SSSR count). The van der Waals surface area contributed by atoms with Gasteiger partial charge in [-0.1, -0.05) is 13.8 Å². The van der Waals surface area contributed by atoms with Crippen LogP contribution < -0.4 is 20.5 Å². The molecule has 25 heavy (non-hydrogen) atoms. The van der Waals surface area contributed by atoms with Crippen molar-refractivity contribution in [2.45, 2.75) is 33.6 Å². The van der Waals surface area contributed by atoms with Crippen LogP contribution in [0.3, 0.4) is 0 Å². The highest BCUT2D eigenvalue weighted by Gasteiger charge is 2.33. The summed E-state index contributed by atoms with van der Waals surface area (Å²) in [6.07, 6.45) is 1.27. The van der Waals surface area contributed by atoms with Crippen molar-refractivity contribution >= 4 is 39.7 Å². The fraction of sp³-hybridized carbons (Fsp3) is 0.562. The zero-order chi connectivity index (χ0) is 18.4. The minimum absolute atomic E-state index is 0. The van der Waals surface area contributed by atoms with E-state index in [2.05, 4.69) is 10.0 Å². The molecule has 0 aliphatic carbocycles. The first-order valence-electron chi connectivity index (χ1n) is 7.97. The fourth-order valence-corrected chi connectivity index (χ4v) is 2.96. The Morgan fingerprint density at radius 3 is 2.28 bits per heavy atom. The predicted molar refractivity (Wildman–Crippen MR) is 104 cm³/mol. The van der Waals surface area contributed by atoms with Crippen molar-refractivity contribution in [2.75, 3.05) is 29.4 Å². The van der Waals surface area contributed by atoms with Crippen molar-refractivity contribution in [1.82, 2.24) is 0 Å². The summed E-state index contributed by atoms with van der Waals surface area (Å²) < 4.78 is 31.1. The van der Waals surface area contributed by atoms with Gasteiger partial charge < -0.3 is 15.8 Å². The maximum Gasteiger partial charge on any atom is 0.232 e. The van der Waals surface area contributed by atoms with Gasteiger partial charge >= 0.3 is 0 Å². The highest BCUT2D eigenvalue weighted by molar-refractivity contribution is 7.92. The van der Waals surface area contributed by atoms with E-state index in [-0.39, 0.29) is 30.6 Å². The number of anilines is 2. The molecule has 7 nitrogen and oxygen atoms in total. The molecule has 0 saturated heterocycles. The summed E-state index contributed by atoms with van der Waals surface area (Å²) >= 11 is 0. The second-order valence-corrected chi connectivity index (χ2v) is 7.58. The van der Waals surface area contributed by atoms with Crippen molar-refractivity contribution in [3.05, 3.63) is 18.2 Å². The maximum atomic E-state index is 12.5. The molecule has 0 heterocycles. The van der Waals surface area contributed by atoms with Crippen LogP contribution in [0.5, 0.6) is 5.75 Å². The molecule has 4 N–H and O–H groups in total. The Bertz CT molecular complexity index is 668. The Labute approximate surface area is 156 Å². The summed E-state index contributed by atoms with van der Waals surface area (Å²) in [5, 5.41) is 2.84. The third-order valence-electron chi connectivity index (χ3n) is 4.33. The van der Waals surface area contributed by atoms with E-state index >= 15 is 0 Å². The van der Waals surface area contributed by atoms with Gasteiger partial charge in [0, 0.05) is 18.3 Å². The topological polar surface area (TPSA) is 111 Å². The summed E-state index contributed by atoms with van der Waals surface area (Å²) in [4.78, 5) is 12.5. The quantitative estimate of drug-likeness (QED) is 0.597. The molecule has 0 bridgehead atoms. The van der Waals surface area contributed by atoms with Crippen LogP contribution in [0.1, 0.15) is 33.6 Å². The van der Waals surface area contributed by atoms with Gasteiger partial charge in [0.05, 0.1) is 24.0 Å². The van der Waals surface area contributed by atoms with Crippen molar-refractivity contribution in [3.63, 3.8) is 0 Å². The molecule has 0 aliphatic rings. The molecule has 0 atom stereocenters. The minimum atomic E-state index is -3.41. The van der Waals surface area contributed by atoms with Crippen LogP contribution in [0.4, 0.5) is 11.4 Å². The Hall–Kier alpha value is -1.51. The molecule has 1 amide bonds. The molecule has 0 unspecified atom stereocenters. The molecular weight excluding hydrogens is 366 g/mol. The number of nitrogens with two attached hydrogens (primary N) is 1. The van der Waals surface area contributed by atoms with E-state index in [1.54, 1.807) is 25.1 Å². The zero-order valence-corrected chi connectivity index (χ0v) is 16.7. The number of carbonyl (C=O) groups excluding carboxylic acids is 1. The van der Waals surface area contributed by atoms with E-state index < -0.39 is 15.4 Å². The second kappa shape index (κ2) is 9.84. The number of benzene rings is 1. The van der Waals surface area contributed by atoms with Gasteiger partial charge in [-0.15, -0.1) is 12.4 Å². The van der Waals surface area contributed by atoms with E-state index in [0.717, 1.165) is 0 Å². The number of amides is 1. The predicted octanol–water partition coefficient (Wildman–Crippen LogP) is 2.58. The number of halogens is 1. The molecule has 0 spiro atoms. The summed E-state index contributed by atoms with van der Waals surface area (Å²) in [6.45, 7) is 5.67. The number of hydrogen-bond donors (Lipinski definition) is 3. The average Bonchev–Trinajstić information content (AvgIpc) is 2.58. The first-order valence-corrected chi connectivity index (χ1v) is 9.62. The number of carbonyl (C=O) groups is 1. The highest BCUT2D eigenvalue weighted by Crippen LogP contribution is 2.31. The molecule has 1 aromatic carbocycles. The van der Waals surface area contributed by atoms with E-state index in [4.69, 9.17) is 10.5 Å². The summed E-state index contributed by atoms with van der Waals surface area (Å²) in [6, 6.07) is 4.77. The highest BCUT2D eigenvalue weighted by atomic mass is 35.5. The van der Waals surface area contributed by atoms with Crippen LogP contribution in [0.15, 0.2) is 18.2 Å². The lowest BCUT2D eigenvalue weighted by Gasteiger charge is -2.28. The molecule has 0 aliphatic heterocycles. The molecule has 9 heteroatoms. The lowest BCUT2D eigenvalue weighted by molar-refractivity contribution is -0.125. The van der Waals surface area contributed by atoms with E-state index in [9.17, 15) is 13.2 Å². The van der Waals surface area contributed by atoms with Crippen LogP contribution >= 0.6 is 12.4 Å². The number of hydrogen-bond acceptors (Lipinski definition) is 5. The summed E-state index contributed by atoms with van der Waals surface area (Å²) in [5.74, 6) is 0.135. The first-order chi connectivity index (χ1) is 11.3. The van der Waals surface area contributed by atoms with Gasteiger partial charge in [-0.3, -0.25) is 9.52 Å². The number of rotatable bonds is 9. The normalized spacial score (nSPS) is 11.4. The third-order valence-corrected chi connectivity index (χ3v) is 5.62. The summed E-state index contributed by atoms with van der Waals surface area (Å²) in [7, 11) is -1.97. The monoisotopic (exact) mass is 393 g/mol. The Balaban J connectivity index is 0.00000576. The van der Waals surface area contributed by atoms with Gasteiger partial charge in [0.25, 0.3) is 0 Å². The van der Waals surface area contributed by atoms with Crippen molar-refractivity contribution in [1.29, 1.82) is 0 Å². The molecule has 1 aromatic rings. The van der Waals surface area contributed by atoms with Gasteiger partial charge in [0.2, 0.25) is 15.9 Å². The lowest BCUT2D eigenvalue weighted by atomic mass is 9.81. The molecule has 0 radical (unpaired) electrons. The zero-order valence-electron chi connectivity index (χ0n) is 15.1. The molecule has 0 aromatic heterocycles. The number of ether oxygens (including phenoxy) is 1. The van der Waals surface area contributed by atoms with E-state index in [1.165, 1.54) is 7.11 Å². The van der Waals surface area contributed by atoms with Crippen LogP contribution in [-0.4, -0.2) is 33.7 Å². The Kier molecular flexibility index (Phi) is 9.24. The van der Waals surface area contributed by atoms with Crippen molar-refractivity contribution < 1.29 is 17.9 Å². The molecule has 0 fully saturated rings. The SMILES string of the molecule is CCC(CC)(CN)C(=O)Nc1ccc(NS(=O)(=O)CC)c(OC)c1.Cl. The Morgan fingerprint density at radius 2 is 1.84 bits per heavy atom. The van der Waals surface area contributed by atoms with Gasteiger partial charge in [-0.25, -0.2) is 8.42 Å². The largest absolute Gasteiger partial charge is 0.494 e. The smallest absolute Gasteiger partial charge is 0.232 e. The van der Waals surface area contributed by atoms with Crippen molar-refractivity contribution in [3.8, 4) is 5.75 Å². The Morgan fingerprint density at radius 1 is 1.24 bits per heavy atom. The second-order valence-electron chi connectivity index (χ2n) is 5.57. The summed E-state index contributed by atoms with van der Waals surface area (Å²) in [5.41, 5.74) is 6.02. The average molecular weight is 394 g/mol. The van der Waals surface area contributed by atoms with Crippen LogP contribution in [-0.2, 0) is 14.8 Å². The maximum absolute atomic E-state index is 12.5. The van der Waals surface area contributed by atoms with Crippen LogP contribution in [0.25, 0.3) is 0 Å². The standard InChI is InChI=1S/C16H27N3O4S.ClH/c1-5-16(6-2,11-17)15(20)18-12-8-9-13(14(10-12)23-4)19-24(21,22)7-3;/h8-10,19H,5-7,11,17H2,1-4H3,(H,18,20);1H. The minimum Gasteiger partial charge on any atom is -0.494 e. The number of methoxy groups -OCH3 is 1. The van der Waals surface area contributed by atoms with Crippen LogP contribution in [0.2, 0.25) is 0 Å². The molecule has 144 valence electrons. The number of sulfonamides is 1. The van der Waals surface area contributed by atoms with Gasteiger partial charge in [0.15, 0.2) is 0 Å². The fourth-order valence-electron chi connectivity index (χ4n) is 2.31. The van der Waals surface area contributed by atoms with E-state index in [0.29, 0.717) is 30.0 Å². The third kappa shape index (κ3) is 5.76. The number of nitrogens with one attached hydrogen (secondary N) is 2. The van der Waals surface area contributed by atoms with E-state index in [1.807, 2.05) is 13.8 Å².